The van der Waals surface area contributed by atoms with Crippen molar-refractivity contribution in [2.24, 2.45) is 5.10 Å². The second-order valence-electron chi connectivity index (χ2n) is 7.53. The molecule has 0 spiro atoms. The van der Waals surface area contributed by atoms with Gasteiger partial charge in [-0.05, 0) is 42.5 Å². The van der Waals surface area contributed by atoms with Gasteiger partial charge in [-0.2, -0.15) is 5.10 Å². The molecule has 152 valence electrons. The van der Waals surface area contributed by atoms with Crippen LogP contribution in [0.2, 0.25) is 5.02 Å². The lowest BCUT2D eigenvalue weighted by molar-refractivity contribution is -0.134. The minimum Gasteiger partial charge on any atom is -0.422 e. The molecule has 28 heavy (non-hydrogen) atoms. The lowest BCUT2D eigenvalue weighted by Crippen LogP contribution is -2.42. The second kappa shape index (κ2) is 7.83. The van der Waals surface area contributed by atoms with Crippen molar-refractivity contribution >= 4 is 39.0 Å². The smallest absolute Gasteiger partial charge is 0.359 e. The number of carbonyl (C=O) groups excluding carboxylic acids is 2. The maximum absolute atomic E-state index is 12.6. The number of amides is 1. The number of carbonyl (C=O) groups is 2. The number of hydrogen-bond donors (Lipinski definition) is 0. The zero-order valence-corrected chi connectivity index (χ0v) is 17.6. The van der Waals surface area contributed by atoms with Crippen molar-refractivity contribution in [3.8, 4) is 5.75 Å². The van der Waals surface area contributed by atoms with E-state index in [9.17, 15) is 18.0 Å². The number of nitrogens with zero attached hydrogens (tertiary/aromatic N) is 2. The first kappa shape index (κ1) is 20.8. The summed E-state index contributed by atoms with van der Waals surface area (Å²) in [6, 6.07) is 2.97. The summed E-state index contributed by atoms with van der Waals surface area (Å²) in [6.45, 7) is 5.78. The highest BCUT2D eigenvalue weighted by atomic mass is 35.5. The highest BCUT2D eigenvalue weighted by molar-refractivity contribution is 7.91. The molecule has 3 rings (SSSR count). The van der Waals surface area contributed by atoms with Crippen LogP contribution in [0.5, 0.6) is 5.75 Å². The summed E-state index contributed by atoms with van der Waals surface area (Å²) in [5, 5.41) is 5.91. The van der Waals surface area contributed by atoms with Crippen LogP contribution in [0.25, 0.3) is 0 Å². The van der Waals surface area contributed by atoms with Gasteiger partial charge in [0.2, 0.25) is 5.91 Å². The van der Waals surface area contributed by atoms with Gasteiger partial charge in [0.1, 0.15) is 11.5 Å². The van der Waals surface area contributed by atoms with Crippen molar-refractivity contribution in [1.29, 1.82) is 0 Å². The molecule has 1 atom stereocenters. The Labute approximate surface area is 169 Å². The van der Waals surface area contributed by atoms with Crippen molar-refractivity contribution in [3.05, 3.63) is 28.3 Å². The van der Waals surface area contributed by atoms with Gasteiger partial charge >= 0.3 is 5.97 Å². The first-order valence-corrected chi connectivity index (χ1v) is 11.4. The zero-order valence-electron chi connectivity index (χ0n) is 16.1. The summed E-state index contributed by atoms with van der Waals surface area (Å²) in [4.78, 5) is 24.8. The van der Waals surface area contributed by atoms with Crippen molar-refractivity contribution < 1.29 is 22.7 Å². The molecule has 2 aliphatic rings. The molecule has 1 saturated heterocycles. The fourth-order valence-corrected chi connectivity index (χ4v) is 5.48. The van der Waals surface area contributed by atoms with Crippen molar-refractivity contribution in [1.82, 2.24) is 5.01 Å². The number of ether oxygens (including phenoxy) is 1. The van der Waals surface area contributed by atoms with E-state index in [1.807, 2.05) is 13.8 Å². The van der Waals surface area contributed by atoms with Crippen LogP contribution in [0.4, 0.5) is 0 Å². The summed E-state index contributed by atoms with van der Waals surface area (Å²) >= 11 is 6.26. The third kappa shape index (κ3) is 4.38. The molecule has 0 unspecified atom stereocenters. The number of hydrogen-bond acceptors (Lipinski definition) is 6. The van der Waals surface area contributed by atoms with Gasteiger partial charge in [0, 0.05) is 17.9 Å². The number of hydrazone groups is 1. The lowest BCUT2D eigenvalue weighted by atomic mass is 10.0. The Kier molecular flexibility index (Phi) is 5.82. The molecule has 9 heteroatoms. The summed E-state index contributed by atoms with van der Waals surface area (Å²) in [5.41, 5.74) is 1.70. The van der Waals surface area contributed by atoms with Crippen LogP contribution in [-0.2, 0) is 19.4 Å². The molecule has 0 aromatic heterocycles. The van der Waals surface area contributed by atoms with Crippen molar-refractivity contribution in [3.63, 3.8) is 0 Å². The molecule has 1 amide bonds. The average molecular weight is 427 g/mol. The molecular weight excluding hydrogens is 404 g/mol. The minimum atomic E-state index is -3.17. The maximum Gasteiger partial charge on any atom is 0.359 e. The van der Waals surface area contributed by atoms with Gasteiger partial charge in [0.15, 0.2) is 9.84 Å². The van der Waals surface area contributed by atoms with E-state index in [1.165, 1.54) is 0 Å². The summed E-state index contributed by atoms with van der Waals surface area (Å²) in [5.74, 6) is -0.457. The highest BCUT2D eigenvalue weighted by Crippen LogP contribution is 2.32. The predicted octanol–water partition coefficient (Wildman–Crippen LogP) is 2.84. The molecule has 0 radical (unpaired) electrons. The van der Waals surface area contributed by atoms with Gasteiger partial charge in [-0.3, -0.25) is 4.79 Å². The molecule has 2 heterocycles. The van der Waals surface area contributed by atoms with E-state index < -0.39 is 21.8 Å². The largest absolute Gasteiger partial charge is 0.422 e. The van der Waals surface area contributed by atoms with Crippen molar-refractivity contribution in [2.45, 2.75) is 52.0 Å². The summed E-state index contributed by atoms with van der Waals surface area (Å²) in [7, 11) is -3.17. The third-order valence-corrected chi connectivity index (χ3v) is 7.05. The van der Waals surface area contributed by atoms with Gasteiger partial charge in [0.05, 0.1) is 17.5 Å². The molecule has 0 bridgehead atoms. The Morgan fingerprint density at radius 3 is 2.64 bits per heavy atom. The van der Waals surface area contributed by atoms with E-state index in [0.717, 1.165) is 10.6 Å². The third-order valence-electron chi connectivity index (χ3n) is 4.97. The number of benzene rings is 1. The standard InChI is InChI=1S/C19H23ClN2O5S/c1-11(2)14-9-17(12(3)8-15(14)20)27-19(24)16-4-5-18(23)22(21-16)13-6-7-28(25,26)10-13/h8-9,11,13H,4-7,10H2,1-3H3/t13-/m0/s1. The van der Waals surface area contributed by atoms with Crippen LogP contribution in [0.3, 0.4) is 0 Å². The molecule has 1 fully saturated rings. The number of sulfone groups is 1. The zero-order chi connectivity index (χ0) is 20.6. The van der Waals surface area contributed by atoms with E-state index in [2.05, 4.69) is 5.10 Å². The van der Waals surface area contributed by atoms with Gasteiger partial charge in [-0.25, -0.2) is 18.2 Å². The minimum absolute atomic E-state index is 0.0265. The van der Waals surface area contributed by atoms with Crippen LogP contribution in [0.1, 0.15) is 50.2 Å². The fourth-order valence-electron chi connectivity index (χ4n) is 3.35. The number of aryl methyl sites for hydroxylation is 1. The maximum atomic E-state index is 12.6. The predicted molar refractivity (Wildman–Crippen MR) is 106 cm³/mol. The van der Waals surface area contributed by atoms with Gasteiger partial charge < -0.3 is 4.74 Å². The SMILES string of the molecule is Cc1cc(Cl)c(C(C)C)cc1OC(=O)C1=NN([C@H]2CCS(=O)(=O)C2)C(=O)CC1. The van der Waals surface area contributed by atoms with Gasteiger partial charge in [-0.1, -0.05) is 25.4 Å². The Balaban J connectivity index is 1.82. The highest BCUT2D eigenvalue weighted by Gasteiger charge is 2.37. The van der Waals surface area contributed by atoms with Crippen LogP contribution in [0, 0.1) is 6.92 Å². The van der Waals surface area contributed by atoms with Crippen LogP contribution >= 0.6 is 11.6 Å². The van der Waals surface area contributed by atoms with Gasteiger partial charge in [-0.15, -0.1) is 0 Å². The molecule has 1 aromatic rings. The van der Waals surface area contributed by atoms with E-state index >= 15 is 0 Å². The number of rotatable bonds is 4. The van der Waals surface area contributed by atoms with Crippen molar-refractivity contribution in [2.75, 3.05) is 11.5 Å². The molecule has 0 saturated carbocycles. The first-order valence-electron chi connectivity index (χ1n) is 9.19. The van der Waals surface area contributed by atoms with Crippen LogP contribution < -0.4 is 4.74 Å². The lowest BCUT2D eigenvalue weighted by Gasteiger charge is -2.27. The van der Waals surface area contributed by atoms with E-state index in [-0.39, 0.29) is 41.9 Å². The monoisotopic (exact) mass is 426 g/mol. The second-order valence-corrected chi connectivity index (χ2v) is 10.2. The molecule has 0 aliphatic carbocycles. The van der Waals surface area contributed by atoms with Gasteiger partial charge in [0.25, 0.3) is 0 Å². The first-order chi connectivity index (χ1) is 13.1. The van der Waals surface area contributed by atoms with Crippen LogP contribution in [-0.4, -0.2) is 48.6 Å². The molecule has 7 nitrogen and oxygen atoms in total. The Bertz CT molecular complexity index is 955. The van der Waals surface area contributed by atoms with E-state index in [4.69, 9.17) is 16.3 Å². The number of esters is 1. The van der Waals surface area contributed by atoms with E-state index in [0.29, 0.717) is 22.8 Å². The molecular formula is C19H23ClN2O5S. The summed E-state index contributed by atoms with van der Waals surface area (Å²) in [6.07, 6.45) is 0.590. The Hall–Kier alpha value is -1.93. The van der Waals surface area contributed by atoms with Crippen LogP contribution in [0.15, 0.2) is 17.2 Å². The molecule has 1 aromatic carbocycles. The van der Waals surface area contributed by atoms with E-state index in [1.54, 1.807) is 19.1 Å². The quantitative estimate of drug-likeness (QED) is 0.545. The summed E-state index contributed by atoms with van der Waals surface area (Å²) < 4.78 is 29.0. The Morgan fingerprint density at radius 1 is 1.32 bits per heavy atom. The fraction of sp³-hybridized carbons (Fsp3) is 0.526. The Morgan fingerprint density at radius 2 is 2.04 bits per heavy atom. The number of halogens is 1. The average Bonchev–Trinajstić information content (AvgIpc) is 2.97. The molecule has 0 N–H and O–H groups in total. The normalized spacial score (nSPS) is 21.8. The molecule has 2 aliphatic heterocycles. The topological polar surface area (TPSA) is 93.1 Å².